The number of hydrogen-bond acceptors (Lipinski definition) is 4. The number of H-pyrrole nitrogens is 1. The van der Waals surface area contributed by atoms with Gasteiger partial charge in [-0.2, -0.15) is 0 Å². The predicted octanol–water partition coefficient (Wildman–Crippen LogP) is 1.83. The van der Waals surface area contributed by atoms with Gasteiger partial charge in [0.05, 0.1) is 23.6 Å². The topological polar surface area (TPSA) is 67.0 Å². The fourth-order valence-electron chi connectivity index (χ4n) is 2.97. The van der Waals surface area contributed by atoms with Crippen molar-refractivity contribution in [3.05, 3.63) is 40.4 Å². The summed E-state index contributed by atoms with van der Waals surface area (Å²) < 4.78 is 5.68. The van der Waals surface area contributed by atoms with E-state index in [0.717, 1.165) is 31.5 Å². The standard InChI is InChI=1S/C16H21N3O2/c1-2-14-11(7-8-21-14)9-17-10-15-18-13-6-4-3-5-12(13)16(20)19-15/h3-6,11,14,17H,2,7-10H2,1H3,(H,18,19,20). The molecule has 5 nitrogen and oxygen atoms in total. The van der Waals surface area contributed by atoms with Crippen molar-refractivity contribution < 1.29 is 4.74 Å². The fraction of sp³-hybridized carbons (Fsp3) is 0.500. The molecule has 3 rings (SSSR count). The van der Waals surface area contributed by atoms with Crippen molar-refractivity contribution in [3.63, 3.8) is 0 Å². The molecule has 0 radical (unpaired) electrons. The molecule has 2 heterocycles. The Bertz CT molecular complexity index is 668. The first-order valence-corrected chi connectivity index (χ1v) is 7.58. The highest BCUT2D eigenvalue weighted by atomic mass is 16.5. The van der Waals surface area contributed by atoms with Crippen LogP contribution in [0, 0.1) is 5.92 Å². The summed E-state index contributed by atoms with van der Waals surface area (Å²) in [5.74, 6) is 1.24. The first-order chi connectivity index (χ1) is 10.3. The summed E-state index contributed by atoms with van der Waals surface area (Å²) in [6.07, 6.45) is 2.52. The van der Waals surface area contributed by atoms with Crippen molar-refractivity contribution in [3.8, 4) is 0 Å². The van der Waals surface area contributed by atoms with Crippen LogP contribution < -0.4 is 10.9 Å². The maximum Gasteiger partial charge on any atom is 0.258 e. The summed E-state index contributed by atoms with van der Waals surface area (Å²) in [6, 6.07) is 7.40. The van der Waals surface area contributed by atoms with E-state index in [1.54, 1.807) is 6.07 Å². The third kappa shape index (κ3) is 3.14. The highest BCUT2D eigenvalue weighted by Gasteiger charge is 2.25. The van der Waals surface area contributed by atoms with E-state index in [2.05, 4.69) is 22.2 Å². The monoisotopic (exact) mass is 287 g/mol. The van der Waals surface area contributed by atoms with Crippen LogP contribution in [0.15, 0.2) is 29.1 Å². The molecule has 0 saturated carbocycles. The summed E-state index contributed by atoms with van der Waals surface area (Å²) >= 11 is 0. The van der Waals surface area contributed by atoms with Crippen LogP contribution in [0.4, 0.5) is 0 Å². The molecule has 2 aromatic rings. The number of aromatic amines is 1. The van der Waals surface area contributed by atoms with Gasteiger partial charge in [-0.3, -0.25) is 4.79 Å². The van der Waals surface area contributed by atoms with Crippen LogP contribution in [0.5, 0.6) is 0 Å². The molecule has 2 N–H and O–H groups in total. The Labute approximate surface area is 123 Å². The molecule has 1 aromatic heterocycles. The van der Waals surface area contributed by atoms with Crippen LogP contribution >= 0.6 is 0 Å². The zero-order chi connectivity index (χ0) is 14.7. The van der Waals surface area contributed by atoms with Gasteiger partial charge in [0.15, 0.2) is 0 Å². The SMILES string of the molecule is CCC1OCCC1CNCc1nc2ccccc2c(=O)[nH]1. The van der Waals surface area contributed by atoms with Crippen LogP contribution in [-0.2, 0) is 11.3 Å². The number of nitrogens with one attached hydrogen (secondary N) is 2. The Morgan fingerprint density at radius 1 is 1.43 bits per heavy atom. The highest BCUT2D eigenvalue weighted by Crippen LogP contribution is 2.22. The van der Waals surface area contributed by atoms with E-state index in [1.165, 1.54) is 0 Å². The van der Waals surface area contributed by atoms with Gasteiger partial charge in [0.1, 0.15) is 5.82 Å². The second-order valence-corrected chi connectivity index (χ2v) is 5.53. The number of benzene rings is 1. The zero-order valence-corrected chi connectivity index (χ0v) is 12.3. The van der Waals surface area contributed by atoms with Crippen molar-refractivity contribution in [2.75, 3.05) is 13.2 Å². The van der Waals surface area contributed by atoms with E-state index in [0.29, 0.717) is 29.8 Å². The molecule has 0 spiro atoms. The largest absolute Gasteiger partial charge is 0.378 e. The fourth-order valence-corrected chi connectivity index (χ4v) is 2.97. The molecule has 112 valence electrons. The highest BCUT2D eigenvalue weighted by molar-refractivity contribution is 5.77. The lowest BCUT2D eigenvalue weighted by atomic mass is 10.00. The molecule has 2 atom stereocenters. The van der Waals surface area contributed by atoms with E-state index in [9.17, 15) is 4.79 Å². The lowest BCUT2D eigenvalue weighted by Gasteiger charge is -2.17. The lowest BCUT2D eigenvalue weighted by Crippen LogP contribution is -2.29. The summed E-state index contributed by atoms with van der Waals surface area (Å²) in [7, 11) is 0. The first-order valence-electron chi connectivity index (χ1n) is 7.58. The maximum atomic E-state index is 12.0. The van der Waals surface area contributed by atoms with E-state index in [-0.39, 0.29) is 5.56 Å². The number of para-hydroxylation sites is 1. The lowest BCUT2D eigenvalue weighted by molar-refractivity contribution is 0.0872. The van der Waals surface area contributed by atoms with Crippen molar-refractivity contribution in [1.82, 2.24) is 15.3 Å². The van der Waals surface area contributed by atoms with Crippen LogP contribution in [-0.4, -0.2) is 29.2 Å². The molecule has 0 aliphatic carbocycles. The molecule has 1 saturated heterocycles. The van der Waals surface area contributed by atoms with Crippen LogP contribution in [0.3, 0.4) is 0 Å². The normalized spacial score (nSPS) is 22.0. The van der Waals surface area contributed by atoms with Crippen molar-refractivity contribution in [2.45, 2.75) is 32.4 Å². The van der Waals surface area contributed by atoms with Gasteiger partial charge >= 0.3 is 0 Å². The quantitative estimate of drug-likeness (QED) is 0.880. The second kappa shape index (κ2) is 6.37. The number of fused-ring (bicyclic) bond motifs is 1. The summed E-state index contributed by atoms with van der Waals surface area (Å²) in [5, 5.41) is 4.02. The smallest absolute Gasteiger partial charge is 0.258 e. The Morgan fingerprint density at radius 3 is 3.14 bits per heavy atom. The Kier molecular flexibility index (Phi) is 4.31. The number of rotatable bonds is 5. The van der Waals surface area contributed by atoms with Gasteiger partial charge in [0.2, 0.25) is 0 Å². The van der Waals surface area contributed by atoms with Gasteiger partial charge in [0, 0.05) is 13.2 Å². The van der Waals surface area contributed by atoms with Crippen molar-refractivity contribution in [2.24, 2.45) is 5.92 Å². The molecular formula is C16H21N3O2. The minimum Gasteiger partial charge on any atom is -0.378 e. The second-order valence-electron chi connectivity index (χ2n) is 5.53. The molecule has 0 amide bonds. The summed E-state index contributed by atoms with van der Waals surface area (Å²) in [5.41, 5.74) is 0.668. The average Bonchev–Trinajstić information content (AvgIpc) is 2.95. The van der Waals surface area contributed by atoms with Gasteiger partial charge in [-0.05, 0) is 30.9 Å². The number of aromatic nitrogens is 2. The molecular weight excluding hydrogens is 266 g/mol. The van der Waals surface area contributed by atoms with Crippen molar-refractivity contribution >= 4 is 10.9 Å². The van der Waals surface area contributed by atoms with Gasteiger partial charge in [-0.25, -0.2) is 4.98 Å². The molecule has 1 aromatic carbocycles. The van der Waals surface area contributed by atoms with Gasteiger partial charge < -0.3 is 15.0 Å². The Hall–Kier alpha value is -1.72. The molecule has 1 aliphatic rings. The van der Waals surface area contributed by atoms with Crippen molar-refractivity contribution in [1.29, 1.82) is 0 Å². The molecule has 1 aliphatic heterocycles. The van der Waals surface area contributed by atoms with Crippen LogP contribution in [0.2, 0.25) is 0 Å². The van der Waals surface area contributed by atoms with Gasteiger partial charge in [-0.15, -0.1) is 0 Å². The van der Waals surface area contributed by atoms with E-state index in [1.807, 2.05) is 18.2 Å². The van der Waals surface area contributed by atoms with Crippen LogP contribution in [0.1, 0.15) is 25.6 Å². The third-order valence-electron chi connectivity index (χ3n) is 4.11. The number of ether oxygens (including phenoxy) is 1. The first kappa shape index (κ1) is 14.2. The molecule has 5 heteroatoms. The van der Waals surface area contributed by atoms with Crippen LogP contribution in [0.25, 0.3) is 10.9 Å². The molecule has 0 bridgehead atoms. The number of nitrogens with zero attached hydrogens (tertiary/aromatic N) is 1. The molecule has 1 fully saturated rings. The Morgan fingerprint density at radius 2 is 2.29 bits per heavy atom. The minimum atomic E-state index is -0.0759. The van der Waals surface area contributed by atoms with E-state index < -0.39 is 0 Å². The molecule has 2 unspecified atom stereocenters. The Balaban J connectivity index is 1.64. The maximum absolute atomic E-state index is 12.0. The van der Waals surface area contributed by atoms with Gasteiger partial charge in [0.25, 0.3) is 5.56 Å². The molecule has 21 heavy (non-hydrogen) atoms. The van der Waals surface area contributed by atoms with Gasteiger partial charge in [-0.1, -0.05) is 19.1 Å². The summed E-state index contributed by atoms with van der Waals surface area (Å²) in [4.78, 5) is 19.3. The zero-order valence-electron chi connectivity index (χ0n) is 12.3. The van der Waals surface area contributed by atoms with E-state index in [4.69, 9.17) is 4.74 Å². The third-order valence-corrected chi connectivity index (χ3v) is 4.11. The predicted molar refractivity (Wildman–Crippen MR) is 82.2 cm³/mol. The number of hydrogen-bond donors (Lipinski definition) is 2. The average molecular weight is 287 g/mol. The summed E-state index contributed by atoms with van der Waals surface area (Å²) in [6.45, 7) is 4.49. The minimum absolute atomic E-state index is 0.0759. The van der Waals surface area contributed by atoms with E-state index >= 15 is 0 Å².